The molecule has 2 aromatic carbocycles. The van der Waals surface area contributed by atoms with Crippen LogP contribution < -0.4 is 11.3 Å². The van der Waals surface area contributed by atoms with Gasteiger partial charge in [0.2, 0.25) is 0 Å². The number of nitrogen functional groups attached to an aromatic ring is 1. The molecular weight excluding hydrogens is 295 g/mol. The summed E-state index contributed by atoms with van der Waals surface area (Å²) in [4.78, 5) is 12.4. The number of hydrogen-bond donors (Lipinski definition) is 1. The number of rotatable bonds is 1. The molecule has 0 fully saturated rings. The van der Waals surface area contributed by atoms with Crippen LogP contribution in [0.3, 0.4) is 0 Å². The Morgan fingerprint density at radius 1 is 1.05 bits per heavy atom. The zero-order chi connectivity index (χ0) is 15.9. The number of hydrogen-bond acceptors (Lipinski definition) is 3. The number of alkyl halides is 3. The van der Waals surface area contributed by atoms with E-state index in [0.717, 1.165) is 16.8 Å². The van der Waals surface area contributed by atoms with E-state index in [0.29, 0.717) is 16.5 Å². The van der Waals surface area contributed by atoms with Gasteiger partial charge in [0, 0.05) is 11.1 Å². The highest BCUT2D eigenvalue weighted by molar-refractivity contribution is 5.83. The molecule has 0 saturated carbocycles. The Bertz CT molecular complexity index is 899. The third-order valence-corrected chi connectivity index (χ3v) is 3.25. The maximum absolute atomic E-state index is 12.6. The van der Waals surface area contributed by atoms with Crippen molar-refractivity contribution in [2.24, 2.45) is 0 Å². The summed E-state index contributed by atoms with van der Waals surface area (Å²) in [5.41, 5.74) is 5.11. The fourth-order valence-electron chi connectivity index (χ4n) is 2.13. The topological polar surface area (TPSA) is 60.9 Å². The number of anilines is 1. The van der Waals surface area contributed by atoms with Gasteiger partial charge >= 0.3 is 6.18 Å². The number of benzene rings is 2. The Morgan fingerprint density at radius 3 is 2.36 bits per heavy atom. The third kappa shape index (κ3) is 2.41. The highest BCUT2D eigenvalue weighted by Crippen LogP contribution is 2.29. The van der Waals surface area contributed by atoms with Crippen molar-refractivity contribution in [1.29, 1.82) is 0 Å². The minimum absolute atomic E-state index is 0.252. The van der Waals surface area contributed by atoms with Gasteiger partial charge in [-0.3, -0.25) is 4.79 Å². The number of halogens is 3. The van der Waals surface area contributed by atoms with E-state index >= 15 is 0 Å². The lowest BCUT2D eigenvalue weighted by molar-refractivity contribution is -0.137. The molecule has 0 radical (unpaired) electrons. The first kappa shape index (κ1) is 14.1. The summed E-state index contributed by atoms with van der Waals surface area (Å²) >= 11 is 0. The van der Waals surface area contributed by atoms with Crippen LogP contribution in [0, 0.1) is 0 Å². The van der Waals surface area contributed by atoms with Crippen molar-refractivity contribution >= 4 is 16.5 Å². The molecule has 0 saturated heterocycles. The van der Waals surface area contributed by atoms with Crippen LogP contribution in [0.1, 0.15) is 5.56 Å². The molecule has 0 aliphatic carbocycles. The fourth-order valence-corrected chi connectivity index (χ4v) is 2.13. The van der Waals surface area contributed by atoms with Crippen molar-refractivity contribution in [1.82, 2.24) is 9.78 Å². The van der Waals surface area contributed by atoms with E-state index in [-0.39, 0.29) is 5.69 Å². The summed E-state index contributed by atoms with van der Waals surface area (Å²) in [7, 11) is 0. The number of aromatic nitrogens is 2. The molecular formula is C15H10F3N3O. The molecule has 1 heterocycles. The molecule has 2 N–H and O–H groups in total. The van der Waals surface area contributed by atoms with Gasteiger partial charge < -0.3 is 5.73 Å². The number of nitrogens with two attached hydrogens (primary N) is 1. The third-order valence-electron chi connectivity index (χ3n) is 3.25. The van der Waals surface area contributed by atoms with E-state index < -0.39 is 17.3 Å². The first-order valence-electron chi connectivity index (χ1n) is 6.31. The second-order valence-corrected chi connectivity index (χ2v) is 4.75. The summed E-state index contributed by atoms with van der Waals surface area (Å²) in [5, 5.41) is 4.95. The van der Waals surface area contributed by atoms with Crippen molar-refractivity contribution in [3.63, 3.8) is 0 Å². The van der Waals surface area contributed by atoms with Crippen LogP contribution in [-0.4, -0.2) is 9.78 Å². The van der Waals surface area contributed by atoms with Crippen molar-refractivity contribution in [3.8, 4) is 5.69 Å². The predicted molar refractivity (Wildman–Crippen MR) is 76.8 cm³/mol. The largest absolute Gasteiger partial charge is 0.416 e. The Morgan fingerprint density at radius 2 is 1.73 bits per heavy atom. The van der Waals surface area contributed by atoms with Gasteiger partial charge in [0.25, 0.3) is 5.56 Å². The smallest absolute Gasteiger partial charge is 0.399 e. The normalized spacial score (nSPS) is 11.8. The minimum Gasteiger partial charge on any atom is -0.399 e. The Hall–Kier alpha value is -2.83. The van der Waals surface area contributed by atoms with Crippen molar-refractivity contribution in [2.75, 3.05) is 5.73 Å². The maximum atomic E-state index is 12.6. The minimum atomic E-state index is -4.42. The second kappa shape index (κ2) is 4.87. The average Bonchev–Trinajstić information content (AvgIpc) is 2.47. The molecule has 0 atom stereocenters. The first-order valence-corrected chi connectivity index (χ1v) is 6.31. The zero-order valence-electron chi connectivity index (χ0n) is 11.1. The van der Waals surface area contributed by atoms with Gasteiger partial charge in [-0.05, 0) is 36.4 Å². The molecule has 4 nitrogen and oxygen atoms in total. The summed E-state index contributed by atoms with van der Waals surface area (Å²) in [6, 6.07) is 9.05. The van der Waals surface area contributed by atoms with Gasteiger partial charge in [0.15, 0.2) is 0 Å². The van der Waals surface area contributed by atoms with E-state index in [9.17, 15) is 18.0 Å². The molecule has 0 bridgehead atoms. The van der Waals surface area contributed by atoms with Crippen molar-refractivity contribution < 1.29 is 13.2 Å². The van der Waals surface area contributed by atoms with Crippen molar-refractivity contribution in [2.45, 2.75) is 6.18 Å². The predicted octanol–water partition coefficient (Wildman–Crippen LogP) is 2.99. The summed E-state index contributed by atoms with van der Waals surface area (Å²) in [6.45, 7) is 0. The number of nitrogens with zero attached hydrogens (tertiary/aromatic N) is 2. The molecule has 3 rings (SSSR count). The van der Waals surface area contributed by atoms with Crippen LogP contribution in [0.5, 0.6) is 0 Å². The van der Waals surface area contributed by atoms with Gasteiger partial charge in [0.05, 0.1) is 22.8 Å². The molecule has 22 heavy (non-hydrogen) atoms. The van der Waals surface area contributed by atoms with Gasteiger partial charge in [0.1, 0.15) is 0 Å². The molecule has 0 unspecified atom stereocenters. The quantitative estimate of drug-likeness (QED) is 0.703. The molecule has 1 aromatic heterocycles. The van der Waals surface area contributed by atoms with Gasteiger partial charge in [-0.2, -0.15) is 23.0 Å². The standard InChI is InChI=1S/C15H10F3N3O/c16-15(17,18)10-2-5-12(6-3-10)21-14(22)13-7-11(19)4-1-9(13)8-20-21/h1-8H,19H2. The lowest BCUT2D eigenvalue weighted by atomic mass is 10.1. The maximum Gasteiger partial charge on any atom is 0.416 e. The average molecular weight is 305 g/mol. The Labute approximate surface area is 122 Å². The SMILES string of the molecule is Nc1ccc2cnn(-c3ccc(C(F)(F)F)cc3)c(=O)c2c1. The van der Waals surface area contributed by atoms with E-state index in [1.54, 1.807) is 12.1 Å². The van der Waals surface area contributed by atoms with Gasteiger partial charge in [-0.1, -0.05) is 6.07 Å². The zero-order valence-corrected chi connectivity index (χ0v) is 11.1. The lowest BCUT2D eigenvalue weighted by Crippen LogP contribution is -2.21. The van der Waals surface area contributed by atoms with Crippen LogP contribution in [-0.2, 0) is 6.18 Å². The highest BCUT2D eigenvalue weighted by atomic mass is 19.4. The molecule has 0 aliphatic rings. The molecule has 0 amide bonds. The summed E-state index contributed by atoms with van der Waals surface area (Å²) in [6.07, 6.45) is -2.96. The molecule has 7 heteroatoms. The van der Waals surface area contributed by atoms with E-state index in [4.69, 9.17) is 5.73 Å². The van der Waals surface area contributed by atoms with Crippen LogP contribution >= 0.6 is 0 Å². The number of fused-ring (bicyclic) bond motifs is 1. The molecule has 0 aliphatic heterocycles. The van der Waals surface area contributed by atoms with Gasteiger partial charge in [-0.15, -0.1) is 0 Å². The second-order valence-electron chi connectivity index (χ2n) is 4.75. The van der Waals surface area contributed by atoms with Crippen LogP contribution in [0.4, 0.5) is 18.9 Å². The fraction of sp³-hybridized carbons (Fsp3) is 0.0667. The van der Waals surface area contributed by atoms with Crippen LogP contribution in [0.15, 0.2) is 53.5 Å². The van der Waals surface area contributed by atoms with E-state index in [2.05, 4.69) is 5.10 Å². The van der Waals surface area contributed by atoms with Gasteiger partial charge in [-0.25, -0.2) is 0 Å². The summed E-state index contributed by atoms with van der Waals surface area (Å²) in [5.74, 6) is 0. The monoisotopic (exact) mass is 305 g/mol. The summed E-state index contributed by atoms with van der Waals surface area (Å²) < 4.78 is 38.7. The van der Waals surface area contributed by atoms with E-state index in [1.807, 2.05) is 0 Å². The van der Waals surface area contributed by atoms with E-state index in [1.165, 1.54) is 24.4 Å². The van der Waals surface area contributed by atoms with Crippen LogP contribution in [0.25, 0.3) is 16.5 Å². The lowest BCUT2D eigenvalue weighted by Gasteiger charge is -2.09. The highest BCUT2D eigenvalue weighted by Gasteiger charge is 2.30. The van der Waals surface area contributed by atoms with Crippen LogP contribution in [0.2, 0.25) is 0 Å². The molecule has 0 spiro atoms. The Balaban J connectivity index is 2.14. The Kier molecular flexibility index (Phi) is 3.13. The molecule has 112 valence electrons. The van der Waals surface area contributed by atoms with Crippen molar-refractivity contribution in [3.05, 3.63) is 64.6 Å². The molecule has 3 aromatic rings. The first-order chi connectivity index (χ1) is 10.4.